The highest BCUT2D eigenvalue weighted by molar-refractivity contribution is 7.54. The summed E-state index contributed by atoms with van der Waals surface area (Å²) in [5.41, 5.74) is 1.12. The Morgan fingerprint density at radius 2 is 2.38 bits per heavy atom. The summed E-state index contributed by atoms with van der Waals surface area (Å²) < 4.78 is 13.8. The van der Waals surface area contributed by atoms with Crippen LogP contribution in [0.25, 0.3) is 11.2 Å². The number of hydrogen-bond acceptors (Lipinski definition) is 5. The molecule has 0 saturated heterocycles. The van der Waals surface area contributed by atoms with Crippen LogP contribution in [0, 0.1) is 6.92 Å². The molecule has 0 spiro atoms. The summed E-state index contributed by atoms with van der Waals surface area (Å²) in [5, 5.41) is 0. The summed E-state index contributed by atoms with van der Waals surface area (Å²) in [4.78, 5) is 14.8. The minimum atomic E-state index is 0.112. The fourth-order valence-electron chi connectivity index (χ4n) is 1.03. The number of imidazole rings is 1. The van der Waals surface area contributed by atoms with Crippen LogP contribution in [0.2, 0.25) is 0 Å². The number of rotatable bonds is 1. The van der Waals surface area contributed by atoms with Gasteiger partial charge in [0.25, 0.3) is 0 Å². The fourth-order valence-corrected chi connectivity index (χ4v) is 1.23. The zero-order valence-electron chi connectivity index (χ0n) is 6.68. The van der Waals surface area contributed by atoms with Gasteiger partial charge in [0.1, 0.15) is 5.82 Å². The van der Waals surface area contributed by atoms with Crippen LogP contribution in [0.15, 0.2) is 10.7 Å². The normalized spacial score (nSPS) is 10.2. The average Bonchev–Trinajstić information content (AvgIpc) is 2.52. The first-order valence-electron chi connectivity index (χ1n) is 3.49. The highest BCUT2D eigenvalue weighted by Crippen LogP contribution is 2.18. The fraction of sp³-hybridized carbons (Fsp3) is 0.167. The quantitative estimate of drug-likeness (QED) is 0.725. The van der Waals surface area contributed by atoms with E-state index in [0.717, 1.165) is 0 Å². The van der Waals surface area contributed by atoms with E-state index in [9.17, 15) is 4.21 Å². The van der Waals surface area contributed by atoms with Crippen LogP contribution in [0.4, 0.5) is 5.82 Å². The van der Waals surface area contributed by atoms with E-state index in [1.165, 1.54) is 6.33 Å². The molecule has 0 fully saturated rings. The van der Waals surface area contributed by atoms with Crippen LogP contribution in [0.5, 0.6) is 0 Å². The third-order valence-corrected chi connectivity index (χ3v) is 1.74. The second kappa shape index (κ2) is 3.02. The van der Waals surface area contributed by atoms with Crippen molar-refractivity contribution in [2.75, 3.05) is 0 Å². The third kappa shape index (κ3) is 1.33. The lowest BCUT2D eigenvalue weighted by Gasteiger charge is -1.93. The summed E-state index contributed by atoms with van der Waals surface area (Å²) in [7, 11) is 0. The molecule has 0 atom stereocenters. The van der Waals surface area contributed by atoms with Gasteiger partial charge in [-0.3, -0.25) is 0 Å². The number of aromatic nitrogens is 4. The van der Waals surface area contributed by atoms with Crippen molar-refractivity contribution in [2.24, 2.45) is 4.36 Å². The predicted octanol–water partition coefficient (Wildman–Crippen LogP) is 0.689. The van der Waals surface area contributed by atoms with Crippen molar-refractivity contribution < 1.29 is 4.21 Å². The lowest BCUT2D eigenvalue weighted by molar-refractivity contribution is 0.698. The second-order valence-corrected chi connectivity index (χ2v) is 2.69. The maximum absolute atomic E-state index is 10.2. The highest BCUT2D eigenvalue weighted by atomic mass is 32.1. The Bertz CT molecular complexity index is 501. The first-order chi connectivity index (χ1) is 6.31. The van der Waals surface area contributed by atoms with Gasteiger partial charge in [-0.15, -0.1) is 4.36 Å². The Balaban J connectivity index is 2.84. The SMILES string of the molecule is Cc1nc(N=S=O)c2nc[nH]c2n1. The predicted molar refractivity (Wildman–Crippen MR) is 46.7 cm³/mol. The van der Waals surface area contributed by atoms with Gasteiger partial charge in [-0.1, -0.05) is 0 Å². The third-order valence-electron chi connectivity index (χ3n) is 1.50. The second-order valence-electron chi connectivity index (χ2n) is 2.36. The first-order valence-corrected chi connectivity index (χ1v) is 4.19. The number of aryl methyl sites for hydroxylation is 1. The lowest BCUT2D eigenvalue weighted by atomic mass is 10.5. The molecule has 0 amide bonds. The molecule has 0 aliphatic rings. The van der Waals surface area contributed by atoms with E-state index in [1.807, 2.05) is 0 Å². The summed E-state index contributed by atoms with van der Waals surface area (Å²) in [6.45, 7) is 1.73. The Kier molecular flexibility index (Phi) is 1.85. The van der Waals surface area contributed by atoms with Gasteiger partial charge in [-0.25, -0.2) is 15.0 Å². The van der Waals surface area contributed by atoms with E-state index in [1.54, 1.807) is 6.92 Å². The molecule has 0 aliphatic carbocycles. The van der Waals surface area contributed by atoms with Crippen molar-refractivity contribution in [1.82, 2.24) is 19.9 Å². The van der Waals surface area contributed by atoms with Gasteiger partial charge in [0.15, 0.2) is 17.0 Å². The minimum Gasteiger partial charge on any atom is -0.329 e. The summed E-state index contributed by atoms with van der Waals surface area (Å²) in [6, 6.07) is 0. The molecule has 2 aromatic heterocycles. The van der Waals surface area contributed by atoms with Gasteiger partial charge in [-0.2, -0.15) is 4.21 Å². The lowest BCUT2D eigenvalue weighted by Crippen LogP contribution is -1.88. The van der Waals surface area contributed by atoms with E-state index in [4.69, 9.17) is 0 Å². The molecule has 7 heteroatoms. The van der Waals surface area contributed by atoms with Crippen molar-refractivity contribution in [3.63, 3.8) is 0 Å². The molecule has 0 saturated carbocycles. The Hall–Kier alpha value is -1.63. The minimum absolute atomic E-state index is 0.112. The van der Waals surface area contributed by atoms with Gasteiger partial charge in [0.2, 0.25) is 11.5 Å². The van der Waals surface area contributed by atoms with Crippen molar-refractivity contribution in [1.29, 1.82) is 0 Å². The Labute approximate surface area is 76.7 Å². The molecule has 13 heavy (non-hydrogen) atoms. The van der Waals surface area contributed by atoms with Crippen molar-refractivity contribution in [3.05, 3.63) is 12.2 Å². The monoisotopic (exact) mass is 195 g/mol. The number of aromatic amines is 1. The molecule has 2 rings (SSSR count). The number of nitrogens with one attached hydrogen (secondary N) is 1. The molecule has 0 aromatic carbocycles. The van der Waals surface area contributed by atoms with Gasteiger partial charge < -0.3 is 4.98 Å². The van der Waals surface area contributed by atoms with Crippen LogP contribution >= 0.6 is 0 Å². The average molecular weight is 195 g/mol. The summed E-state index contributed by atoms with van der Waals surface area (Å²) in [6.07, 6.45) is 1.49. The molecule has 6 nitrogen and oxygen atoms in total. The smallest absolute Gasteiger partial charge is 0.206 e. The van der Waals surface area contributed by atoms with Crippen molar-refractivity contribution in [3.8, 4) is 0 Å². The Morgan fingerprint density at radius 1 is 1.54 bits per heavy atom. The number of nitrogens with zero attached hydrogens (tertiary/aromatic N) is 4. The van der Waals surface area contributed by atoms with Gasteiger partial charge >= 0.3 is 0 Å². The molecule has 0 aliphatic heterocycles. The van der Waals surface area contributed by atoms with Crippen LogP contribution in [0.1, 0.15) is 5.82 Å². The molecule has 2 aromatic rings. The molecule has 0 bridgehead atoms. The maximum atomic E-state index is 10.2. The van der Waals surface area contributed by atoms with E-state index in [0.29, 0.717) is 22.8 Å². The molecular formula is C6H5N5OS. The topological polar surface area (TPSA) is 83.9 Å². The number of H-pyrrole nitrogens is 1. The van der Waals surface area contributed by atoms with E-state index >= 15 is 0 Å². The molecule has 2 heterocycles. The summed E-state index contributed by atoms with van der Waals surface area (Å²) in [5.74, 6) is 0.883. The molecule has 66 valence electrons. The van der Waals surface area contributed by atoms with Gasteiger partial charge in [0, 0.05) is 0 Å². The largest absolute Gasteiger partial charge is 0.329 e. The summed E-state index contributed by atoms with van der Waals surface area (Å²) >= 11 is 0.112. The van der Waals surface area contributed by atoms with Crippen LogP contribution in [-0.4, -0.2) is 24.1 Å². The van der Waals surface area contributed by atoms with Gasteiger partial charge in [-0.05, 0) is 6.92 Å². The first kappa shape index (κ1) is 7.99. The van der Waals surface area contributed by atoms with E-state index < -0.39 is 0 Å². The maximum Gasteiger partial charge on any atom is 0.206 e. The van der Waals surface area contributed by atoms with E-state index in [2.05, 4.69) is 24.3 Å². The van der Waals surface area contributed by atoms with Crippen LogP contribution in [0.3, 0.4) is 0 Å². The highest BCUT2D eigenvalue weighted by Gasteiger charge is 2.06. The van der Waals surface area contributed by atoms with Gasteiger partial charge in [0.05, 0.1) is 6.33 Å². The zero-order chi connectivity index (χ0) is 9.26. The van der Waals surface area contributed by atoms with Crippen molar-refractivity contribution in [2.45, 2.75) is 6.92 Å². The molecule has 0 radical (unpaired) electrons. The molecule has 0 unspecified atom stereocenters. The van der Waals surface area contributed by atoms with E-state index in [-0.39, 0.29) is 11.5 Å². The molecule has 1 N–H and O–H groups in total. The number of hydrogen-bond donors (Lipinski definition) is 1. The zero-order valence-corrected chi connectivity index (χ0v) is 7.50. The molecular weight excluding hydrogens is 190 g/mol. The van der Waals surface area contributed by atoms with Crippen LogP contribution < -0.4 is 0 Å². The Morgan fingerprint density at radius 3 is 3.15 bits per heavy atom. The van der Waals surface area contributed by atoms with Crippen molar-refractivity contribution >= 4 is 28.4 Å². The standard InChI is InChI=1S/C6H5N5OS/c1-3-9-5-4(7-2-8-5)6(10-3)11-13-12/h2H,1H3,(H,7,8,9,10). The van der Waals surface area contributed by atoms with Crippen LogP contribution in [-0.2, 0) is 11.5 Å². The number of fused-ring (bicyclic) bond motifs is 1.